The van der Waals surface area contributed by atoms with E-state index < -0.39 is 0 Å². The van der Waals surface area contributed by atoms with E-state index in [1.807, 2.05) is 14.1 Å². The van der Waals surface area contributed by atoms with E-state index in [4.69, 9.17) is 5.73 Å². The van der Waals surface area contributed by atoms with Gasteiger partial charge in [-0.15, -0.1) is 0 Å². The van der Waals surface area contributed by atoms with Crippen LogP contribution in [0, 0.1) is 5.41 Å². The molecule has 0 amide bonds. The predicted molar refractivity (Wildman–Crippen MR) is 61.2 cm³/mol. The van der Waals surface area contributed by atoms with E-state index in [1.165, 1.54) is 5.57 Å². The molecule has 1 aliphatic rings. The van der Waals surface area contributed by atoms with Crippen molar-refractivity contribution >= 4 is 0 Å². The highest BCUT2D eigenvalue weighted by atomic mass is 14.8. The Labute approximate surface area is 86.4 Å². The number of rotatable bonds is 5. The van der Waals surface area contributed by atoms with Crippen molar-refractivity contribution in [1.29, 1.82) is 0 Å². The van der Waals surface area contributed by atoms with Gasteiger partial charge >= 0.3 is 0 Å². The molecule has 1 aliphatic carbocycles. The molecule has 0 spiro atoms. The summed E-state index contributed by atoms with van der Waals surface area (Å²) >= 11 is 0. The highest BCUT2D eigenvalue weighted by Gasteiger charge is 2.25. The van der Waals surface area contributed by atoms with Gasteiger partial charge < -0.3 is 16.4 Å². The fourth-order valence-corrected chi connectivity index (χ4v) is 1.80. The van der Waals surface area contributed by atoms with E-state index >= 15 is 0 Å². The highest BCUT2D eigenvalue weighted by Crippen LogP contribution is 2.27. The van der Waals surface area contributed by atoms with Crippen LogP contribution in [0.15, 0.2) is 23.8 Å². The smallest absolute Gasteiger partial charge is 0.0199 e. The fourth-order valence-electron chi connectivity index (χ4n) is 1.80. The Hall–Kier alpha value is -0.640. The molecule has 0 aliphatic heterocycles. The standard InChI is InChI=1S/C11H21N3/c1-13-7-10-3-5-11(8-12,6-4-10)9-14-2/h3-5,13-14H,6-9,12H2,1-2H3. The quantitative estimate of drug-likeness (QED) is 0.589. The first-order valence-corrected chi connectivity index (χ1v) is 5.14. The first-order chi connectivity index (χ1) is 6.76. The zero-order chi connectivity index (χ0) is 10.4. The van der Waals surface area contributed by atoms with Gasteiger partial charge in [0.05, 0.1) is 0 Å². The third-order valence-corrected chi connectivity index (χ3v) is 2.74. The normalized spacial score (nSPS) is 26.4. The van der Waals surface area contributed by atoms with Crippen molar-refractivity contribution < 1.29 is 0 Å². The maximum atomic E-state index is 5.81. The van der Waals surface area contributed by atoms with Crippen molar-refractivity contribution in [2.24, 2.45) is 11.1 Å². The Kier molecular flexibility index (Phi) is 4.32. The van der Waals surface area contributed by atoms with E-state index in [0.29, 0.717) is 6.54 Å². The van der Waals surface area contributed by atoms with E-state index in [2.05, 4.69) is 28.9 Å². The maximum Gasteiger partial charge on any atom is 0.0199 e. The third-order valence-electron chi connectivity index (χ3n) is 2.74. The number of hydrogen-bond acceptors (Lipinski definition) is 3. The Bertz CT molecular complexity index is 233. The van der Waals surface area contributed by atoms with Crippen LogP contribution < -0.4 is 16.4 Å². The fraction of sp³-hybridized carbons (Fsp3) is 0.636. The molecule has 0 aromatic carbocycles. The summed E-state index contributed by atoms with van der Waals surface area (Å²) in [4.78, 5) is 0. The Balaban J connectivity index is 2.59. The lowest BCUT2D eigenvalue weighted by Gasteiger charge is -2.30. The summed E-state index contributed by atoms with van der Waals surface area (Å²) in [5.41, 5.74) is 7.29. The van der Waals surface area contributed by atoms with E-state index in [0.717, 1.165) is 19.5 Å². The molecular formula is C11H21N3. The van der Waals surface area contributed by atoms with Gasteiger partial charge in [0.1, 0.15) is 0 Å². The summed E-state index contributed by atoms with van der Waals surface area (Å²) in [6.07, 6.45) is 7.75. The molecule has 0 saturated carbocycles. The summed E-state index contributed by atoms with van der Waals surface area (Å²) in [7, 11) is 3.94. The van der Waals surface area contributed by atoms with Gasteiger partial charge in [0.2, 0.25) is 0 Å². The van der Waals surface area contributed by atoms with Crippen LogP contribution in [0.5, 0.6) is 0 Å². The molecule has 0 aromatic heterocycles. The van der Waals surface area contributed by atoms with Crippen LogP contribution in [0.25, 0.3) is 0 Å². The summed E-state index contributed by atoms with van der Waals surface area (Å²) in [5, 5.41) is 6.35. The van der Waals surface area contributed by atoms with Crippen LogP contribution in [0.3, 0.4) is 0 Å². The summed E-state index contributed by atoms with van der Waals surface area (Å²) in [6.45, 7) is 2.59. The molecule has 0 heterocycles. The molecule has 1 atom stereocenters. The highest BCUT2D eigenvalue weighted by molar-refractivity contribution is 5.28. The summed E-state index contributed by atoms with van der Waals surface area (Å²) in [6, 6.07) is 0. The Morgan fingerprint density at radius 1 is 1.43 bits per heavy atom. The molecule has 0 saturated heterocycles. The average molecular weight is 195 g/mol. The third kappa shape index (κ3) is 2.67. The zero-order valence-corrected chi connectivity index (χ0v) is 9.14. The van der Waals surface area contributed by atoms with Crippen molar-refractivity contribution in [2.45, 2.75) is 6.42 Å². The van der Waals surface area contributed by atoms with Crippen molar-refractivity contribution in [2.75, 3.05) is 33.7 Å². The first-order valence-electron chi connectivity index (χ1n) is 5.14. The topological polar surface area (TPSA) is 50.1 Å². The van der Waals surface area contributed by atoms with Gasteiger partial charge in [0.15, 0.2) is 0 Å². The molecule has 1 rings (SSSR count). The molecule has 0 aromatic rings. The monoisotopic (exact) mass is 195 g/mol. The predicted octanol–water partition coefficient (Wildman–Crippen LogP) is 0.257. The van der Waals surface area contributed by atoms with Gasteiger partial charge in [-0.3, -0.25) is 0 Å². The average Bonchev–Trinajstić information content (AvgIpc) is 2.22. The largest absolute Gasteiger partial charge is 0.330 e. The summed E-state index contributed by atoms with van der Waals surface area (Å²) in [5.74, 6) is 0. The van der Waals surface area contributed by atoms with E-state index in [1.54, 1.807) is 0 Å². The second kappa shape index (κ2) is 5.29. The van der Waals surface area contributed by atoms with Crippen molar-refractivity contribution in [1.82, 2.24) is 10.6 Å². The van der Waals surface area contributed by atoms with Gasteiger partial charge in [0, 0.05) is 25.0 Å². The molecule has 0 fully saturated rings. The molecule has 1 unspecified atom stereocenters. The second-order valence-electron chi connectivity index (χ2n) is 3.94. The van der Waals surface area contributed by atoms with Gasteiger partial charge in [-0.25, -0.2) is 0 Å². The van der Waals surface area contributed by atoms with Crippen LogP contribution in [0.2, 0.25) is 0 Å². The van der Waals surface area contributed by atoms with Crippen molar-refractivity contribution in [3.8, 4) is 0 Å². The van der Waals surface area contributed by atoms with Crippen LogP contribution in [0.1, 0.15) is 6.42 Å². The van der Waals surface area contributed by atoms with E-state index in [9.17, 15) is 0 Å². The van der Waals surface area contributed by atoms with E-state index in [-0.39, 0.29) is 5.41 Å². The number of nitrogens with two attached hydrogens (primary N) is 1. The first kappa shape index (κ1) is 11.4. The van der Waals surface area contributed by atoms with Gasteiger partial charge in [-0.2, -0.15) is 0 Å². The Morgan fingerprint density at radius 3 is 2.64 bits per heavy atom. The lowest BCUT2D eigenvalue weighted by atomic mass is 9.80. The Morgan fingerprint density at radius 2 is 2.21 bits per heavy atom. The molecule has 3 heteroatoms. The van der Waals surface area contributed by atoms with Crippen LogP contribution in [0.4, 0.5) is 0 Å². The van der Waals surface area contributed by atoms with Gasteiger partial charge in [-0.1, -0.05) is 18.2 Å². The zero-order valence-electron chi connectivity index (χ0n) is 9.14. The molecule has 0 radical (unpaired) electrons. The lowest BCUT2D eigenvalue weighted by Crippen LogP contribution is -2.38. The maximum absolute atomic E-state index is 5.81. The van der Waals surface area contributed by atoms with Crippen LogP contribution >= 0.6 is 0 Å². The molecular weight excluding hydrogens is 174 g/mol. The minimum Gasteiger partial charge on any atom is -0.330 e. The minimum atomic E-state index is 0.131. The number of nitrogens with one attached hydrogen (secondary N) is 2. The number of allylic oxidation sites excluding steroid dienone is 1. The molecule has 0 bridgehead atoms. The SMILES string of the molecule is CNCC1=CCC(CN)(CNC)C=C1. The van der Waals surface area contributed by atoms with Gasteiger partial charge in [0.25, 0.3) is 0 Å². The minimum absolute atomic E-state index is 0.131. The number of hydrogen-bond donors (Lipinski definition) is 3. The van der Waals surface area contributed by atoms with Crippen molar-refractivity contribution in [3.63, 3.8) is 0 Å². The van der Waals surface area contributed by atoms with Gasteiger partial charge in [-0.05, 0) is 26.1 Å². The van der Waals surface area contributed by atoms with Crippen LogP contribution in [-0.2, 0) is 0 Å². The van der Waals surface area contributed by atoms with Crippen molar-refractivity contribution in [3.05, 3.63) is 23.8 Å². The number of likely N-dealkylation sites (N-methyl/N-ethyl adjacent to an activating group) is 1. The molecule has 4 N–H and O–H groups in total. The molecule has 80 valence electrons. The summed E-state index contributed by atoms with van der Waals surface area (Å²) < 4.78 is 0. The molecule has 3 nitrogen and oxygen atoms in total. The second-order valence-corrected chi connectivity index (χ2v) is 3.94. The molecule has 14 heavy (non-hydrogen) atoms. The lowest BCUT2D eigenvalue weighted by molar-refractivity contribution is 0.378. The van der Waals surface area contributed by atoms with Crippen LogP contribution in [-0.4, -0.2) is 33.7 Å².